The van der Waals surface area contributed by atoms with Crippen LogP contribution < -0.4 is 10.6 Å². The molecule has 26 heavy (non-hydrogen) atoms. The third-order valence-electron chi connectivity index (χ3n) is 5.32. The van der Waals surface area contributed by atoms with Crippen molar-refractivity contribution in [2.24, 2.45) is 0 Å². The van der Waals surface area contributed by atoms with E-state index in [1.54, 1.807) is 4.90 Å². The largest absolute Gasteiger partial charge is 0.353 e. The minimum Gasteiger partial charge on any atom is -0.353 e. The molecule has 1 unspecified atom stereocenters. The fourth-order valence-corrected chi connectivity index (χ4v) is 3.71. The number of halogens is 1. The first-order valence-electron chi connectivity index (χ1n) is 9.20. The van der Waals surface area contributed by atoms with Gasteiger partial charge in [0.25, 0.3) is 5.91 Å². The van der Waals surface area contributed by atoms with Crippen LogP contribution in [0.25, 0.3) is 0 Å². The molecule has 3 rings (SSSR count). The summed E-state index contributed by atoms with van der Waals surface area (Å²) >= 11 is 0. The monoisotopic (exact) mass is 380 g/mol. The van der Waals surface area contributed by atoms with Crippen molar-refractivity contribution in [1.29, 1.82) is 0 Å². The molecule has 1 aromatic carbocycles. The SMILES string of the molecule is CC1(C(=O)NCCN2CCNCC2)CCCN1C(=O)c1ccccc1.Cl. The minimum absolute atomic E-state index is 0. The maximum Gasteiger partial charge on any atom is 0.254 e. The number of rotatable bonds is 5. The molecule has 2 N–H and O–H groups in total. The van der Waals surface area contributed by atoms with E-state index in [0.29, 0.717) is 25.1 Å². The molecule has 6 nitrogen and oxygen atoms in total. The molecule has 0 bridgehead atoms. The predicted octanol–water partition coefficient (Wildman–Crippen LogP) is 1.12. The number of nitrogens with one attached hydrogen (secondary N) is 2. The van der Waals surface area contributed by atoms with Gasteiger partial charge in [-0.1, -0.05) is 18.2 Å². The van der Waals surface area contributed by atoms with Crippen molar-refractivity contribution >= 4 is 24.2 Å². The topological polar surface area (TPSA) is 64.7 Å². The van der Waals surface area contributed by atoms with E-state index >= 15 is 0 Å². The Morgan fingerprint density at radius 1 is 1.15 bits per heavy atom. The summed E-state index contributed by atoms with van der Waals surface area (Å²) in [5, 5.41) is 6.38. The smallest absolute Gasteiger partial charge is 0.254 e. The Labute approximate surface area is 161 Å². The van der Waals surface area contributed by atoms with Crippen molar-refractivity contribution in [1.82, 2.24) is 20.4 Å². The van der Waals surface area contributed by atoms with Gasteiger partial charge >= 0.3 is 0 Å². The lowest BCUT2D eigenvalue weighted by molar-refractivity contribution is -0.129. The van der Waals surface area contributed by atoms with E-state index in [1.165, 1.54) is 0 Å². The number of hydrogen-bond acceptors (Lipinski definition) is 4. The predicted molar refractivity (Wildman–Crippen MR) is 105 cm³/mol. The average Bonchev–Trinajstić information content (AvgIpc) is 3.05. The Morgan fingerprint density at radius 3 is 2.54 bits per heavy atom. The van der Waals surface area contributed by atoms with E-state index in [-0.39, 0.29) is 24.2 Å². The second-order valence-electron chi connectivity index (χ2n) is 7.05. The number of carbonyl (C=O) groups excluding carboxylic acids is 2. The number of piperazine rings is 1. The Bertz CT molecular complexity index is 607. The number of benzene rings is 1. The first-order chi connectivity index (χ1) is 12.1. The van der Waals surface area contributed by atoms with Crippen molar-refractivity contribution in [3.05, 3.63) is 35.9 Å². The summed E-state index contributed by atoms with van der Waals surface area (Å²) in [4.78, 5) is 29.7. The van der Waals surface area contributed by atoms with E-state index in [0.717, 1.165) is 39.1 Å². The van der Waals surface area contributed by atoms with Crippen molar-refractivity contribution in [2.75, 3.05) is 45.8 Å². The van der Waals surface area contributed by atoms with Gasteiger partial charge in [0.2, 0.25) is 5.91 Å². The second kappa shape index (κ2) is 9.35. The van der Waals surface area contributed by atoms with Gasteiger partial charge in [-0.3, -0.25) is 14.5 Å². The van der Waals surface area contributed by atoms with Crippen molar-refractivity contribution < 1.29 is 9.59 Å². The van der Waals surface area contributed by atoms with Crippen LogP contribution in [0.3, 0.4) is 0 Å². The number of likely N-dealkylation sites (tertiary alicyclic amines) is 1. The summed E-state index contributed by atoms with van der Waals surface area (Å²) in [6.45, 7) is 8.06. The Balaban J connectivity index is 0.00000243. The van der Waals surface area contributed by atoms with Gasteiger partial charge in [0.05, 0.1) is 0 Å². The van der Waals surface area contributed by atoms with Crippen LogP contribution >= 0.6 is 12.4 Å². The van der Waals surface area contributed by atoms with E-state index in [4.69, 9.17) is 0 Å². The van der Waals surface area contributed by atoms with Crippen LogP contribution in [0.15, 0.2) is 30.3 Å². The molecule has 2 amide bonds. The quantitative estimate of drug-likeness (QED) is 0.803. The highest BCUT2D eigenvalue weighted by atomic mass is 35.5. The van der Waals surface area contributed by atoms with Gasteiger partial charge in [0.1, 0.15) is 5.54 Å². The summed E-state index contributed by atoms with van der Waals surface area (Å²) in [5.41, 5.74) is -0.111. The molecule has 2 saturated heterocycles. The molecule has 0 aromatic heterocycles. The number of hydrogen-bond donors (Lipinski definition) is 2. The van der Waals surface area contributed by atoms with Gasteiger partial charge in [0.15, 0.2) is 0 Å². The summed E-state index contributed by atoms with van der Waals surface area (Å²) in [7, 11) is 0. The van der Waals surface area contributed by atoms with Gasteiger partial charge in [-0.25, -0.2) is 0 Å². The zero-order valence-electron chi connectivity index (χ0n) is 15.4. The van der Waals surface area contributed by atoms with Crippen LogP contribution in [-0.4, -0.2) is 73.0 Å². The number of nitrogens with zero attached hydrogens (tertiary/aromatic N) is 2. The highest BCUT2D eigenvalue weighted by Gasteiger charge is 2.45. The maximum absolute atomic E-state index is 12.8. The van der Waals surface area contributed by atoms with Gasteiger partial charge in [-0.15, -0.1) is 12.4 Å². The Morgan fingerprint density at radius 2 is 1.85 bits per heavy atom. The van der Waals surface area contributed by atoms with E-state index in [1.807, 2.05) is 37.3 Å². The van der Waals surface area contributed by atoms with Gasteiger partial charge in [-0.05, 0) is 31.9 Å². The fraction of sp³-hybridized carbons (Fsp3) is 0.579. The number of carbonyl (C=O) groups is 2. The molecule has 2 aliphatic rings. The Kier molecular flexibility index (Phi) is 7.43. The van der Waals surface area contributed by atoms with Gasteiger partial charge < -0.3 is 15.5 Å². The molecule has 2 heterocycles. The molecule has 0 saturated carbocycles. The highest BCUT2D eigenvalue weighted by Crippen LogP contribution is 2.30. The fourth-order valence-electron chi connectivity index (χ4n) is 3.71. The summed E-state index contributed by atoms with van der Waals surface area (Å²) < 4.78 is 0. The lowest BCUT2D eigenvalue weighted by Crippen LogP contribution is -2.56. The molecule has 1 atom stereocenters. The molecule has 144 valence electrons. The maximum atomic E-state index is 12.8. The van der Waals surface area contributed by atoms with Crippen molar-refractivity contribution in [2.45, 2.75) is 25.3 Å². The van der Waals surface area contributed by atoms with E-state index in [2.05, 4.69) is 15.5 Å². The molecule has 0 radical (unpaired) electrons. The Hall–Kier alpha value is -1.63. The molecule has 2 fully saturated rings. The first kappa shape index (κ1) is 20.7. The molecule has 1 aromatic rings. The van der Waals surface area contributed by atoms with Crippen LogP contribution in [-0.2, 0) is 4.79 Å². The zero-order valence-corrected chi connectivity index (χ0v) is 16.2. The van der Waals surface area contributed by atoms with Crippen LogP contribution in [0.5, 0.6) is 0 Å². The lowest BCUT2D eigenvalue weighted by Gasteiger charge is -2.34. The second-order valence-corrected chi connectivity index (χ2v) is 7.05. The van der Waals surface area contributed by atoms with Crippen LogP contribution in [0.4, 0.5) is 0 Å². The van der Waals surface area contributed by atoms with Crippen LogP contribution in [0.2, 0.25) is 0 Å². The van der Waals surface area contributed by atoms with Crippen molar-refractivity contribution in [3.8, 4) is 0 Å². The number of amides is 2. The summed E-state index contributed by atoms with van der Waals surface area (Å²) in [6, 6.07) is 9.22. The molecule has 7 heteroatoms. The minimum atomic E-state index is -0.754. The normalized spacial score (nSPS) is 23.3. The van der Waals surface area contributed by atoms with Crippen molar-refractivity contribution in [3.63, 3.8) is 0 Å². The third kappa shape index (κ3) is 4.55. The summed E-state index contributed by atoms with van der Waals surface area (Å²) in [6.07, 6.45) is 1.57. The lowest BCUT2D eigenvalue weighted by atomic mass is 9.97. The zero-order chi connectivity index (χ0) is 17.7. The van der Waals surface area contributed by atoms with Crippen LogP contribution in [0.1, 0.15) is 30.1 Å². The highest BCUT2D eigenvalue weighted by molar-refractivity contribution is 5.99. The average molecular weight is 381 g/mol. The molecule has 0 spiro atoms. The standard InChI is InChI=1S/C19H28N4O2.ClH/c1-19(18(25)21-11-15-22-13-9-20-10-14-22)8-5-12-23(19)17(24)16-6-3-2-4-7-16;/h2-4,6-7,20H,5,8-15H2,1H3,(H,21,25);1H. The van der Waals surface area contributed by atoms with E-state index < -0.39 is 5.54 Å². The first-order valence-corrected chi connectivity index (χ1v) is 9.20. The molecule has 2 aliphatic heterocycles. The van der Waals surface area contributed by atoms with E-state index in [9.17, 15) is 9.59 Å². The van der Waals surface area contributed by atoms with Gasteiger partial charge in [-0.2, -0.15) is 0 Å². The third-order valence-corrected chi connectivity index (χ3v) is 5.32. The molecule has 0 aliphatic carbocycles. The van der Waals surface area contributed by atoms with Crippen LogP contribution in [0, 0.1) is 0 Å². The molecular weight excluding hydrogens is 352 g/mol. The molecular formula is C19H29ClN4O2. The summed E-state index contributed by atoms with van der Waals surface area (Å²) in [5.74, 6) is -0.0951. The van der Waals surface area contributed by atoms with Gasteiger partial charge in [0, 0.05) is 51.4 Å².